The summed E-state index contributed by atoms with van der Waals surface area (Å²) in [5.74, 6) is 0. The number of aromatic nitrogens is 5. The predicted molar refractivity (Wildman–Crippen MR) is 272 cm³/mol. The van der Waals surface area contributed by atoms with Gasteiger partial charge in [-0.3, -0.25) is 4.98 Å². The lowest BCUT2D eigenvalue weighted by atomic mass is 9.97. The number of benzene rings is 9. The van der Waals surface area contributed by atoms with E-state index in [0.29, 0.717) is 5.56 Å². The molecule has 14 aromatic rings. The van der Waals surface area contributed by atoms with Crippen LogP contribution in [0.5, 0.6) is 0 Å². The van der Waals surface area contributed by atoms with Gasteiger partial charge in [-0.15, -0.1) is 0 Å². The number of pyridine rings is 1. The maximum absolute atomic E-state index is 11.0. The molecule has 0 saturated carbocycles. The van der Waals surface area contributed by atoms with E-state index in [9.17, 15) is 5.26 Å². The Morgan fingerprint density at radius 2 is 0.652 bits per heavy atom. The van der Waals surface area contributed by atoms with Gasteiger partial charge in [0.1, 0.15) is 0 Å². The Balaban J connectivity index is 1.21. The molecule has 6 nitrogen and oxygen atoms in total. The van der Waals surface area contributed by atoms with Crippen LogP contribution in [-0.2, 0) is 0 Å². The van der Waals surface area contributed by atoms with Crippen molar-refractivity contribution in [2.24, 2.45) is 0 Å². The number of hydrogen-bond donors (Lipinski definition) is 0. The summed E-state index contributed by atoms with van der Waals surface area (Å²) in [4.78, 5) is 5.23. The zero-order valence-electron chi connectivity index (χ0n) is 35.5. The fraction of sp³-hybridized carbons (Fsp3) is 0. The van der Waals surface area contributed by atoms with Crippen molar-refractivity contribution in [3.05, 3.63) is 224 Å². The Kier molecular flexibility index (Phi) is 7.65. The van der Waals surface area contributed by atoms with Gasteiger partial charge in [-0.2, -0.15) is 5.26 Å². The Hall–Kier alpha value is -9.18. The van der Waals surface area contributed by atoms with Gasteiger partial charge >= 0.3 is 0 Å². The molecule has 306 valence electrons. The van der Waals surface area contributed by atoms with Crippen LogP contribution in [0, 0.1) is 11.3 Å². The minimum absolute atomic E-state index is 0.583. The van der Waals surface area contributed by atoms with Gasteiger partial charge in [0.2, 0.25) is 0 Å². The molecule has 0 aliphatic heterocycles. The highest BCUT2D eigenvalue weighted by atomic mass is 15.1. The molecule has 0 N–H and O–H groups in total. The van der Waals surface area contributed by atoms with Gasteiger partial charge in [-0.05, 0) is 54.6 Å². The van der Waals surface area contributed by atoms with E-state index in [0.717, 1.165) is 110 Å². The first kappa shape index (κ1) is 36.3. The minimum Gasteiger partial charge on any atom is -0.307 e. The second kappa shape index (κ2) is 13.9. The highest BCUT2D eigenvalue weighted by Crippen LogP contribution is 2.47. The Bertz CT molecular complexity index is 4100. The van der Waals surface area contributed by atoms with Gasteiger partial charge in [0.25, 0.3) is 0 Å². The molecule has 0 aliphatic carbocycles. The third-order valence-corrected chi connectivity index (χ3v) is 13.7. The van der Waals surface area contributed by atoms with E-state index >= 15 is 0 Å². The molecule has 5 aromatic heterocycles. The second-order valence-corrected chi connectivity index (χ2v) is 17.0. The van der Waals surface area contributed by atoms with Gasteiger partial charge in [-0.1, -0.05) is 152 Å². The quantitative estimate of drug-likeness (QED) is 0.173. The summed E-state index contributed by atoms with van der Waals surface area (Å²) in [6, 6.07) is 75.8. The SMILES string of the molecule is N#Cc1ccccc1-c1c(-n2c3ccccc3c3ccc4c5ccccc5n(-c5ccccc5)c4c32)cncc1-n1c2ccccc2c2ccc3c4ccccc4n(-c4ccccc4)c3c21. The highest BCUT2D eigenvalue weighted by molar-refractivity contribution is 6.26. The van der Waals surface area contributed by atoms with Crippen molar-refractivity contribution in [3.8, 4) is 39.9 Å². The van der Waals surface area contributed by atoms with Crippen molar-refractivity contribution < 1.29 is 0 Å². The van der Waals surface area contributed by atoms with E-state index in [1.54, 1.807) is 0 Å². The number of fused-ring (bicyclic) bond motifs is 14. The maximum atomic E-state index is 11.0. The largest absolute Gasteiger partial charge is 0.307 e. The van der Waals surface area contributed by atoms with Gasteiger partial charge < -0.3 is 18.3 Å². The lowest BCUT2D eigenvalue weighted by molar-refractivity contribution is 1.09. The maximum Gasteiger partial charge on any atom is 0.0998 e. The topological polar surface area (TPSA) is 56.4 Å². The van der Waals surface area contributed by atoms with Gasteiger partial charge in [-0.25, -0.2) is 0 Å². The average Bonchev–Trinajstić information content (AvgIpc) is 4.12. The summed E-state index contributed by atoms with van der Waals surface area (Å²) in [5.41, 5.74) is 14.9. The van der Waals surface area contributed by atoms with Crippen molar-refractivity contribution in [3.63, 3.8) is 0 Å². The number of para-hydroxylation sites is 6. The van der Waals surface area contributed by atoms with E-state index in [4.69, 9.17) is 4.98 Å². The summed E-state index contributed by atoms with van der Waals surface area (Å²) in [6.07, 6.45) is 4.00. The zero-order valence-corrected chi connectivity index (χ0v) is 35.5. The van der Waals surface area contributed by atoms with Crippen LogP contribution in [0.3, 0.4) is 0 Å². The molecule has 0 fully saturated rings. The third kappa shape index (κ3) is 4.91. The van der Waals surface area contributed by atoms with Gasteiger partial charge in [0, 0.05) is 65.6 Å². The number of rotatable bonds is 5. The molecule has 0 unspecified atom stereocenters. The minimum atomic E-state index is 0.583. The average molecular weight is 841 g/mol. The third-order valence-electron chi connectivity index (χ3n) is 13.7. The first-order valence-electron chi connectivity index (χ1n) is 22.3. The summed E-state index contributed by atoms with van der Waals surface area (Å²) in [7, 11) is 0. The monoisotopic (exact) mass is 840 g/mol. The van der Waals surface area contributed by atoms with Crippen LogP contribution in [0.15, 0.2) is 219 Å². The van der Waals surface area contributed by atoms with Crippen molar-refractivity contribution in [2.45, 2.75) is 0 Å². The van der Waals surface area contributed by atoms with Crippen LogP contribution in [0.2, 0.25) is 0 Å². The first-order valence-corrected chi connectivity index (χ1v) is 22.3. The number of nitriles is 1. The molecule has 6 heteroatoms. The Labute approximate surface area is 378 Å². The molecule has 14 rings (SSSR count). The van der Waals surface area contributed by atoms with Crippen molar-refractivity contribution in [1.82, 2.24) is 23.3 Å². The van der Waals surface area contributed by atoms with Crippen LogP contribution in [0.25, 0.3) is 121 Å². The summed E-state index contributed by atoms with van der Waals surface area (Å²) >= 11 is 0. The lowest BCUT2D eigenvalue weighted by Gasteiger charge is -2.21. The van der Waals surface area contributed by atoms with Gasteiger partial charge in [0.15, 0.2) is 0 Å². The smallest absolute Gasteiger partial charge is 0.0998 e. The van der Waals surface area contributed by atoms with Crippen LogP contribution in [-0.4, -0.2) is 23.3 Å². The lowest BCUT2D eigenvalue weighted by Crippen LogP contribution is -2.07. The van der Waals surface area contributed by atoms with E-state index in [1.807, 2.05) is 30.6 Å². The second-order valence-electron chi connectivity index (χ2n) is 17.0. The van der Waals surface area contributed by atoms with Crippen molar-refractivity contribution in [2.75, 3.05) is 0 Å². The van der Waals surface area contributed by atoms with E-state index in [-0.39, 0.29) is 0 Å². The molecular weight excluding hydrogens is 805 g/mol. The van der Waals surface area contributed by atoms with E-state index in [1.165, 1.54) is 10.8 Å². The fourth-order valence-corrected chi connectivity index (χ4v) is 11.0. The zero-order chi connectivity index (χ0) is 43.5. The molecule has 0 spiro atoms. The standard InChI is InChI=1S/C60H36N6/c61-35-38-17-7-8-22-41(38)56-54(65-52-29-15-11-25-44(52)48-33-31-46-42-23-9-13-27-50(42)63(57(46)59(48)65)39-18-3-1-4-19-39)36-62-37-55(56)66-53-30-16-12-26-45(53)49-34-32-47-43-24-10-14-28-51(43)64(58(47)60(49)66)40-20-5-2-6-21-40/h1-34,36-37H. The van der Waals surface area contributed by atoms with Crippen molar-refractivity contribution in [1.29, 1.82) is 5.26 Å². The van der Waals surface area contributed by atoms with Crippen LogP contribution in [0.4, 0.5) is 0 Å². The van der Waals surface area contributed by atoms with Crippen LogP contribution < -0.4 is 0 Å². The Morgan fingerprint density at radius 3 is 1.06 bits per heavy atom. The highest BCUT2D eigenvalue weighted by Gasteiger charge is 2.28. The molecular formula is C60H36N6. The number of hydrogen-bond acceptors (Lipinski definition) is 2. The van der Waals surface area contributed by atoms with Gasteiger partial charge in [0.05, 0.1) is 79.5 Å². The molecule has 66 heavy (non-hydrogen) atoms. The molecule has 9 aromatic carbocycles. The molecule has 0 radical (unpaired) electrons. The fourth-order valence-electron chi connectivity index (χ4n) is 11.0. The molecule has 0 aliphatic rings. The molecule has 0 saturated heterocycles. The molecule has 0 amide bonds. The molecule has 0 atom stereocenters. The summed E-state index contributed by atoms with van der Waals surface area (Å²) in [5, 5.41) is 20.2. The van der Waals surface area contributed by atoms with E-state index in [2.05, 4.69) is 212 Å². The predicted octanol–water partition coefficient (Wildman–Crippen LogP) is 15.0. The van der Waals surface area contributed by atoms with Crippen LogP contribution in [0.1, 0.15) is 5.56 Å². The Morgan fingerprint density at radius 1 is 0.318 bits per heavy atom. The van der Waals surface area contributed by atoms with Crippen LogP contribution >= 0.6 is 0 Å². The molecule has 0 bridgehead atoms. The summed E-state index contributed by atoms with van der Waals surface area (Å²) in [6.45, 7) is 0. The number of nitrogens with zero attached hydrogens (tertiary/aromatic N) is 6. The molecule has 5 heterocycles. The van der Waals surface area contributed by atoms with Crippen molar-refractivity contribution >= 4 is 87.2 Å². The first-order chi connectivity index (χ1) is 32.8. The summed E-state index contributed by atoms with van der Waals surface area (Å²) < 4.78 is 9.65. The van der Waals surface area contributed by atoms with E-state index < -0.39 is 0 Å². The normalized spacial score (nSPS) is 11.9.